The molecule has 108 heavy (non-hydrogen) atoms. The normalized spacial score (nSPS) is 13.2. The van der Waals surface area contributed by atoms with Gasteiger partial charge in [-0.25, -0.2) is 0 Å². The van der Waals surface area contributed by atoms with Gasteiger partial charge in [-0.1, -0.05) is 273 Å². The highest BCUT2D eigenvalue weighted by Crippen LogP contribution is 2.46. The number of benzene rings is 12. The van der Waals surface area contributed by atoms with Crippen molar-refractivity contribution in [2.45, 2.75) is 204 Å². The van der Waals surface area contributed by atoms with E-state index in [2.05, 4.69) is 413 Å². The number of hydrogen-bond donors (Lipinski definition) is 0. The Bertz CT molecular complexity index is 5860. The Morgan fingerprint density at radius 2 is 0.306 bits per heavy atom. The summed E-state index contributed by atoms with van der Waals surface area (Å²) < 4.78 is 12.6. The number of aryl methyl sites for hydroxylation is 3. The largest absolute Gasteiger partial charge is 0.309 e. The molecule has 0 radical (unpaired) electrons. The number of nitrogens with zero attached hydrogens (tertiary/aromatic N) is 5. The van der Waals surface area contributed by atoms with Gasteiger partial charge >= 0.3 is 0 Å². The Balaban J connectivity index is 0.000000169. The zero-order chi connectivity index (χ0) is 76.8. The topological polar surface area (TPSA) is 24.6 Å². The molecule has 0 fully saturated rings. The van der Waals surface area contributed by atoms with Gasteiger partial charge in [0.2, 0.25) is 0 Å². The summed E-state index contributed by atoms with van der Waals surface area (Å²) >= 11 is 0. The molecule has 5 aromatic heterocycles. The maximum absolute atomic E-state index is 2.54. The smallest absolute Gasteiger partial charge is 0.0544 e. The summed E-state index contributed by atoms with van der Waals surface area (Å²) in [5.41, 5.74) is 31.5. The van der Waals surface area contributed by atoms with E-state index in [4.69, 9.17) is 0 Å². The number of rotatable bonds is 5. The summed E-state index contributed by atoms with van der Waals surface area (Å²) in [5, 5.41) is 12.8. The van der Waals surface area contributed by atoms with E-state index >= 15 is 0 Å². The molecule has 0 unspecified atom stereocenters. The van der Waals surface area contributed by atoms with Crippen molar-refractivity contribution in [1.82, 2.24) is 22.8 Å². The lowest BCUT2D eigenvalue weighted by Crippen LogP contribution is -2.11. The van der Waals surface area contributed by atoms with Gasteiger partial charge < -0.3 is 22.8 Å². The van der Waals surface area contributed by atoms with Crippen molar-refractivity contribution in [2.75, 3.05) is 0 Å². The second-order valence-electron chi connectivity index (χ2n) is 38.8. The van der Waals surface area contributed by atoms with Gasteiger partial charge in [0, 0.05) is 65.2 Å². The first-order chi connectivity index (χ1) is 50.7. The van der Waals surface area contributed by atoms with Gasteiger partial charge in [0.15, 0.2) is 0 Å². The monoisotopic (exact) mass is 1420 g/mol. The summed E-state index contributed by atoms with van der Waals surface area (Å²) in [7, 11) is 0. The van der Waals surface area contributed by atoms with Crippen LogP contribution in [0.15, 0.2) is 224 Å². The molecule has 0 saturated heterocycles. The van der Waals surface area contributed by atoms with Crippen molar-refractivity contribution in [3.63, 3.8) is 0 Å². The first-order valence-corrected chi connectivity index (χ1v) is 39.3. The van der Waals surface area contributed by atoms with Crippen molar-refractivity contribution < 1.29 is 0 Å². The molecule has 0 spiro atoms. The van der Waals surface area contributed by atoms with Crippen LogP contribution in [0.25, 0.3) is 137 Å². The van der Waals surface area contributed by atoms with Crippen LogP contribution in [0, 0.1) is 20.8 Å². The Morgan fingerprint density at radius 3 is 0.481 bits per heavy atom. The fourth-order valence-corrected chi connectivity index (χ4v) is 16.8. The van der Waals surface area contributed by atoms with Gasteiger partial charge in [0.25, 0.3) is 0 Å². The van der Waals surface area contributed by atoms with E-state index in [-0.39, 0.29) is 37.9 Å². The minimum atomic E-state index is -0.00438. The third kappa shape index (κ3) is 12.3. The second-order valence-corrected chi connectivity index (χ2v) is 38.8. The van der Waals surface area contributed by atoms with Gasteiger partial charge in [-0.3, -0.25) is 0 Å². The summed E-state index contributed by atoms with van der Waals surface area (Å²) in [6.07, 6.45) is 0. The molecule has 0 bridgehead atoms. The van der Waals surface area contributed by atoms with Crippen LogP contribution in [0.1, 0.15) is 201 Å². The summed E-state index contributed by atoms with van der Waals surface area (Å²) in [6, 6.07) is 87.0. The van der Waals surface area contributed by atoms with Gasteiger partial charge in [0.1, 0.15) is 0 Å². The van der Waals surface area contributed by atoms with Crippen LogP contribution in [0.3, 0.4) is 0 Å². The highest BCUT2D eigenvalue weighted by Gasteiger charge is 2.28. The molecule has 12 aromatic carbocycles. The minimum absolute atomic E-state index is 0.00438. The standard InChI is InChI=1S/C57H57N3.C46H52N2/c1-34-13-19-43-46-22-16-37(55(4,5)6)28-52(46)58(49(43)25-34)40-31-41(59-50-26-35(2)14-20-44(50)47-23-17-38(29-53(47)59)56(7,8)9)33-42(32-40)60-51-27-36(3)15-21-45(51)48-24-18-39(30-54(48)60)57(10,11)12;1-43(2,3)29-16-20-35-36-21-17-30(44(4,5)6)25-40(36)47(39(35)24-29)33-14-13-15-34(28-33)48-41-26-31(45(7,8)9)18-22-37(41)38-23-19-32(27-42(38)48)46(10,11)12/h13-33H,1-12H3;13-28H,1-12H3. The van der Waals surface area contributed by atoms with E-state index in [0.717, 1.165) is 17.1 Å². The highest BCUT2D eigenvalue weighted by atomic mass is 15.1. The predicted octanol–water partition coefficient (Wildman–Crippen LogP) is 28.9. The van der Waals surface area contributed by atoms with Gasteiger partial charge in [-0.05, 0) is 211 Å². The van der Waals surface area contributed by atoms with Crippen LogP contribution in [0.4, 0.5) is 0 Å². The van der Waals surface area contributed by atoms with Gasteiger partial charge in [-0.15, -0.1) is 0 Å². The molecule has 17 aromatic rings. The van der Waals surface area contributed by atoms with Crippen molar-refractivity contribution in [2.24, 2.45) is 0 Å². The van der Waals surface area contributed by atoms with Crippen LogP contribution >= 0.6 is 0 Å². The molecule has 0 aliphatic heterocycles. The lowest BCUT2D eigenvalue weighted by Gasteiger charge is -2.21. The molecular formula is C103H109N5. The Labute approximate surface area is 640 Å². The molecule has 546 valence electrons. The van der Waals surface area contributed by atoms with Crippen molar-refractivity contribution in [3.8, 4) is 28.4 Å². The van der Waals surface area contributed by atoms with Crippen LogP contribution in [0.5, 0.6) is 0 Å². The first-order valence-electron chi connectivity index (χ1n) is 39.3. The van der Waals surface area contributed by atoms with Crippen molar-refractivity contribution in [3.05, 3.63) is 280 Å². The molecule has 0 aliphatic carbocycles. The average Bonchev–Trinajstić information content (AvgIpc) is 1.57. The zero-order valence-corrected chi connectivity index (χ0v) is 68.6. The Morgan fingerprint density at radius 1 is 0.157 bits per heavy atom. The molecule has 5 nitrogen and oxygen atoms in total. The maximum atomic E-state index is 2.54. The second kappa shape index (κ2) is 24.8. The number of fused-ring (bicyclic) bond motifs is 15. The summed E-state index contributed by atoms with van der Waals surface area (Å²) in [4.78, 5) is 0. The third-order valence-corrected chi connectivity index (χ3v) is 23.4. The van der Waals surface area contributed by atoms with Crippen LogP contribution < -0.4 is 0 Å². The van der Waals surface area contributed by atoms with E-state index in [9.17, 15) is 0 Å². The van der Waals surface area contributed by atoms with Gasteiger partial charge in [-0.2, -0.15) is 0 Å². The molecule has 0 atom stereocenters. The molecule has 0 N–H and O–H groups in total. The molecule has 0 amide bonds. The van der Waals surface area contributed by atoms with Crippen molar-refractivity contribution >= 4 is 109 Å². The third-order valence-electron chi connectivity index (χ3n) is 23.4. The highest BCUT2D eigenvalue weighted by molar-refractivity contribution is 6.14. The fourth-order valence-electron chi connectivity index (χ4n) is 16.8. The van der Waals surface area contributed by atoms with E-state index in [0.29, 0.717) is 0 Å². The predicted molar refractivity (Wildman–Crippen MR) is 470 cm³/mol. The van der Waals surface area contributed by atoms with E-state index in [1.54, 1.807) is 0 Å². The SMILES string of the molecule is CC(C)(C)c1ccc2c3ccc(C(C)(C)C)cc3n(-c3cccc(-n4c5cc(C(C)(C)C)ccc5c5ccc(C(C)(C)C)cc54)c3)c2c1.Cc1ccc2c3ccc(C(C)(C)C)cc3n(-c3cc(-n4c5cc(C)ccc5c5ccc(C(C)(C)C)cc54)cc(-n4c5cc(C)ccc5c5ccc(C(C)(C)C)cc54)c3)c2c1. The van der Waals surface area contributed by atoms with Crippen LogP contribution in [-0.4, -0.2) is 22.8 Å². The molecule has 0 aliphatic rings. The van der Waals surface area contributed by atoms with Gasteiger partial charge in [0.05, 0.1) is 72.2 Å². The molecule has 17 rings (SSSR count). The first kappa shape index (κ1) is 71.9. The quantitative estimate of drug-likeness (QED) is 0.164. The average molecular weight is 1420 g/mol. The molecule has 5 heteroatoms. The minimum Gasteiger partial charge on any atom is -0.309 e. The fraction of sp³-hybridized carbons (Fsp3) is 0.301. The van der Waals surface area contributed by atoms with E-state index < -0.39 is 0 Å². The van der Waals surface area contributed by atoms with Crippen LogP contribution in [0.2, 0.25) is 0 Å². The van der Waals surface area contributed by atoms with Crippen LogP contribution in [-0.2, 0) is 37.9 Å². The Hall–Kier alpha value is -10.4. The zero-order valence-electron chi connectivity index (χ0n) is 68.6. The number of hydrogen-bond acceptors (Lipinski definition) is 0. The lowest BCUT2D eigenvalue weighted by atomic mass is 9.86. The number of aromatic nitrogens is 5. The maximum Gasteiger partial charge on any atom is 0.0544 e. The molecular weight excluding hydrogens is 1310 g/mol. The van der Waals surface area contributed by atoms with Crippen molar-refractivity contribution in [1.29, 1.82) is 0 Å². The van der Waals surface area contributed by atoms with E-state index in [1.807, 2.05) is 0 Å². The molecule has 0 saturated carbocycles. The Kier molecular flexibility index (Phi) is 16.5. The lowest BCUT2D eigenvalue weighted by molar-refractivity contribution is 0.590. The summed E-state index contributed by atoms with van der Waals surface area (Å²) in [6.45, 7) is 55.1. The molecule has 5 heterocycles. The summed E-state index contributed by atoms with van der Waals surface area (Å²) in [5.74, 6) is 0. The van der Waals surface area contributed by atoms with E-state index in [1.165, 1.54) is 176 Å².